The first-order chi connectivity index (χ1) is 13.9. The van der Waals surface area contributed by atoms with Crippen molar-refractivity contribution in [2.75, 3.05) is 17.6 Å². The molecule has 3 N–H and O–H groups in total. The summed E-state index contributed by atoms with van der Waals surface area (Å²) >= 11 is 0. The number of ether oxygens (including phenoxy) is 1. The van der Waals surface area contributed by atoms with Crippen LogP contribution in [0.15, 0.2) is 65.8 Å². The number of aromatic nitrogens is 3. The van der Waals surface area contributed by atoms with Crippen molar-refractivity contribution in [3.63, 3.8) is 0 Å². The highest BCUT2D eigenvalue weighted by molar-refractivity contribution is 7.92. The Labute approximate surface area is 165 Å². The average Bonchev–Trinajstić information content (AvgIpc) is 3.18. The molecule has 0 aliphatic carbocycles. The van der Waals surface area contributed by atoms with Crippen LogP contribution in [0, 0.1) is 5.82 Å². The SMILES string of the molecule is COc1cccc(S(=O)(=O)Nc2ccc(-c3cnc4ccnn4c3N)c(F)c2)c1. The van der Waals surface area contributed by atoms with E-state index in [-0.39, 0.29) is 22.0 Å². The van der Waals surface area contributed by atoms with E-state index in [1.807, 2.05) is 0 Å². The molecule has 8 nitrogen and oxygen atoms in total. The summed E-state index contributed by atoms with van der Waals surface area (Å²) in [6, 6.07) is 11.6. The molecule has 0 fully saturated rings. The highest BCUT2D eigenvalue weighted by Crippen LogP contribution is 2.30. The number of anilines is 2. The summed E-state index contributed by atoms with van der Waals surface area (Å²) < 4.78 is 48.7. The summed E-state index contributed by atoms with van der Waals surface area (Å²) in [6.07, 6.45) is 2.99. The maximum Gasteiger partial charge on any atom is 0.262 e. The second-order valence-electron chi connectivity index (χ2n) is 6.14. The van der Waals surface area contributed by atoms with Crippen LogP contribution in [0.1, 0.15) is 0 Å². The Morgan fingerprint density at radius 2 is 1.97 bits per heavy atom. The molecule has 0 atom stereocenters. The summed E-state index contributed by atoms with van der Waals surface area (Å²) in [7, 11) is -2.48. The molecule has 0 amide bonds. The number of methoxy groups -OCH3 is 1. The number of nitrogens with two attached hydrogens (primary N) is 1. The Morgan fingerprint density at radius 1 is 1.14 bits per heavy atom. The van der Waals surface area contributed by atoms with Gasteiger partial charge in [0.1, 0.15) is 17.4 Å². The van der Waals surface area contributed by atoms with Crippen LogP contribution in [-0.2, 0) is 10.0 Å². The largest absolute Gasteiger partial charge is 0.497 e. The first kappa shape index (κ1) is 18.7. The van der Waals surface area contributed by atoms with Crippen LogP contribution in [0.2, 0.25) is 0 Å². The van der Waals surface area contributed by atoms with Gasteiger partial charge in [-0.05, 0) is 30.3 Å². The zero-order valence-corrected chi connectivity index (χ0v) is 16.0. The summed E-state index contributed by atoms with van der Waals surface area (Å²) in [6.45, 7) is 0. The number of rotatable bonds is 5. The molecule has 0 saturated heterocycles. The number of halogens is 1. The predicted octanol–water partition coefficient (Wildman–Crippen LogP) is 2.93. The van der Waals surface area contributed by atoms with Gasteiger partial charge in [0.15, 0.2) is 5.65 Å². The molecule has 2 aromatic heterocycles. The van der Waals surface area contributed by atoms with E-state index in [0.717, 1.165) is 6.07 Å². The van der Waals surface area contributed by atoms with Gasteiger partial charge in [-0.15, -0.1) is 0 Å². The van der Waals surface area contributed by atoms with Crippen molar-refractivity contribution in [3.05, 3.63) is 66.7 Å². The van der Waals surface area contributed by atoms with Crippen molar-refractivity contribution in [2.45, 2.75) is 4.90 Å². The standard InChI is InChI=1S/C19H16FN5O3S/c1-28-13-3-2-4-14(10-13)29(26,27)24-12-5-6-15(17(20)9-12)16-11-22-18-7-8-23-25(18)19(16)21/h2-11,24H,21H2,1H3. The molecule has 0 spiro atoms. The molecule has 0 unspecified atom stereocenters. The van der Waals surface area contributed by atoms with Crippen molar-refractivity contribution in [1.82, 2.24) is 14.6 Å². The number of nitrogens with one attached hydrogen (secondary N) is 1. The van der Waals surface area contributed by atoms with Crippen LogP contribution in [-0.4, -0.2) is 30.1 Å². The molecule has 0 saturated carbocycles. The van der Waals surface area contributed by atoms with E-state index in [2.05, 4.69) is 14.8 Å². The number of sulfonamides is 1. The number of benzene rings is 2. The number of fused-ring (bicyclic) bond motifs is 1. The zero-order valence-electron chi connectivity index (χ0n) is 15.2. The van der Waals surface area contributed by atoms with Gasteiger partial charge in [-0.2, -0.15) is 9.61 Å². The van der Waals surface area contributed by atoms with Crippen molar-refractivity contribution in [3.8, 4) is 16.9 Å². The number of hydrogen-bond acceptors (Lipinski definition) is 6. The first-order valence-corrected chi connectivity index (χ1v) is 9.92. The van der Waals surface area contributed by atoms with E-state index < -0.39 is 15.8 Å². The van der Waals surface area contributed by atoms with Crippen molar-refractivity contribution < 1.29 is 17.5 Å². The lowest BCUT2D eigenvalue weighted by molar-refractivity contribution is 0.413. The third-order valence-corrected chi connectivity index (χ3v) is 5.69. The van der Waals surface area contributed by atoms with Gasteiger partial charge in [0.25, 0.3) is 10.0 Å². The molecule has 2 aromatic carbocycles. The van der Waals surface area contributed by atoms with E-state index in [1.165, 1.54) is 48.3 Å². The Balaban J connectivity index is 1.67. The van der Waals surface area contributed by atoms with Crippen LogP contribution in [0.25, 0.3) is 16.8 Å². The maximum absolute atomic E-state index is 14.8. The maximum atomic E-state index is 14.8. The van der Waals surface area contributed by atoms with Gasteiger partial charge >= 0.3 is 0 Å². The van der Waals surface area contributed by atoms with Crippen LogP contribution in [0.3, 0.4) is 0 Å². The second kappa shape index (κ2) is 7.06. The first-order valence-electron chi connectivity index (χ1n) is 8.44. The third kappa shape index (κ3) is 3.45. The van der Waals surface area contributed by atoms with E-state index in [0.29, 0.717) is 17.0 Å². The van der Waals surface area contributed by atoms with Gasteiger partial charge in [0.05, 0.1) is 23.9 Å². The topological polar surface area (TPSA) is 112 Å². The number of nitrogens with zero attached hydrogens (tertiary/aromatic N) is 3. The van der Waals surface area contributed by atoms with E-state index in [4.69, 9.17) is 10.5 Å². The lowest BCUT2D eigenvalue weighted by atomic mass is 10.1. The van der Waals surface area contributed by atoms with Crippen molar-refractivity contribution in [1.29, 1.82) is 0 Å². The van der Waals surface area contributed by atoms with Crippen LogP contribution in [0.4, 0.5) is 15.9 Å². The summed E-state index contributed by atoms with van der Waals surface area (Å²) in [5, 5.41) is 4.05. The normalized spacial score (nSPS) is 11.5. The van der Waals surface area contributed by atoms with Gasteiger partial charge in [-0.3, -0.25) is 4.72 Å². The van der Waals surface area contributed by atoms with Crippen LogP contribution >= 0.6 is 0 Å². The Morgan fingerprint density at radius 3 is 2.72 bits per heavy atom. The molecular formula is C19H16FN5O3S. The van der Waals surface area contributed by atoms with Crippen LogP contribution < -0.4 is 15.2 Å². The minimum atomic E-state index is -3.92. The minimum Gasteiger partial charge on any atom is -0.497 e. The van der Waals surface area contributed by atoms with Crippen LogP contribution in [0.5, 0.6) is 5.75 Å². The molecule has 10 heteroatoms. The summed E-state index contributed by atoms with van der Waals surface area (Å²) in [4.78, 5) is 4.19. The molecule has 0 radical (unpaired) electrons. The second-order valence-corrected chi connectivity index (χ2v) is 7.82. The highest BCUT2D eigenvalue weighted by atomic mass is 32.2. The quantitative estimate of drug-likeness (QED) is 0.520. The van der Waals surface area contributed by atoms with Gasteiger partial charge in [-0.1, -0.05) is 6.07 Å². The van der Waals surface area contributed by atoms with E-state index in [9.17, 15) is 12.8 Å². The predicted molar refractivity (Wildman–Crippen MR) is 107 cm³/mol. The van der Waals surface area contributed by atoms with Gasteiger partial charge in [-0.25, -0.2) is 17.8 Å². The zero-order chi connectivity index (χ0) is 20.6. The third-order valence-electron chi connectivity index (χ3n) is 4.32. The summed E-state index contributed by atoms with van der Waals surface area (Å²) in [5.41, 5.74) is 7.21. The van der Waals surface area contributed by atoms with Crippen molar-refractivity contribution >= 4 is 27.2 Å². The van der Waals surface area contributed by atoms with Gasteiger partial charge < -0.3 is 10.5 Å². The number of hydrogen-bond donors (Lipinski definition) is 2. The molecule has 2 heterocycles. The summed E-state index contributed by atoms with van der Waals surface area (Å²) in [5.74, 6) is -0.0362. The smallest absolute Gasteiger partial charge is 0.262 e. The molecule has 0 aliphatic heterocycles. The Hall–Kier alpha value is -3.66. The van der Waals surface area contributed by atoms with Gasteiger partial charge in [0, 0.05) is 29.5 Å². The lowest BCUT2D eigenvalue weighted by Crippen LogP contribution is -2.13. The van der Waals surface area contributed by atoms with E-state index in [1.54, 1.807) is 18.2 Å². The fourth-order valence-electron chi connectivity index (χ4n) is 2.88. The molecule has 4 rings (SSSR count). The van der Waals surface area contributed by atoms with E-state index >= 15 is 0 Å². The molecule has 0 bridgehead atoms. The molecule has 0 aliphatic rings. The fraction of sp³-hybridized carbons (Fsp3) is 0.0526. The Bertz CT molecular complexity index is 1320. The monoisotopic (exact) mass is 413 g/mol. The molecule has 4 aromatic rings. The highest BCUT2D eigenvalue weighted by Gasteiger charge is 2.17. The number of nitrogen functional groups attached to an aromatic ring is 1. The molecule has 148 valence electrons. The lowest BCUT2D eigenvalue weighted by Gasteiger charge is -2.12. The fourth-order valence-corrected chi connectivity index (χ4v) is 3.96. The molecular weight excluding hydrogens is 397 g/mol. The van der Waals surface area contributed by atoms with Crippen molar-refractivity contribution in [2.24, 2.45) is 0 Å². The minimum absolute atomic E-state index is 0.00101. The molecule has 29 heavy (non-hydrogen) atoms. The average molecular weight is 413 g/mol. The van der Waals surface area contributed by atoms with Gasteiger partial charge in [0.2, 0.25) is 0 Å². The Kier molecular flexibility index (Phi) is 4.55.